The molecule has 0 amide bonds. The van der Waals surface area contributed by atoms with E-state index in [4.69, 9.17) is 11.6 Å². The summed E-state index contributed by atoms with van der Waals surface area (Å²) in [4.78, 5) is 11.0. The van der Waals surface area contributed by atoms with Crippen molar-refractivity contribution in [3.05, 3.63) is 36.0 Å². The van der Waals surface area contributed by atoms with E-state index in [0.29, 0.717) is 10.9 Å². The largest absolute Gasteiger partial charge is 0.274 e. The molecule has 0 aliphatic heterocycles. The van der Waals surface area contributed by atoms with Gasteiger partial charge in [-0.1, -0.05) is 18.2 Å². The average molecular weight is 244 g/mol. The van der Waals surface area contributed by atoms with E-state index in [1.54, 1.807) is 24.3 Å². The van der Waals surface area contributed by atoms with Gasteiger partial charge >= 0.3 is 0 Å². The Bertz CT molecular complexity index is 607. The fourth-order valence-corrected chi connectivity index (χ4v) is 2.34. The predicted molar refractivity (Wildman–Crippen MR) is 57.8 cm³/mol. The number of para-hydroxylation sites is 1. The third-order valence-electron chi connectivity index (χ3n) is 2.05. The topological polar surface area (TPSA) is 56.1 Å². The highest BCUT2D eigenvalue weighted by atomic mass is 35.5. The van der Waals surface area contributed by atoms with Crippen LogP contribution < -0.4 is 0 Å². The number of hydrogen-bond acceptors (Lipinski definition) is 3. The smallest absolute Gasteiger partial charge is 0.269 e. The van der Waals surface area contributed by atoms with Crippen molar-refractivity contribution in [2.24, 2.45) is 0 Å². The van der Waals surface area contributed by atoms with E-state index in [1.165, 1.54) is 6.07 Å². The first-order chi connectivity index (χ1) is 7.11. The van der Waals surface area contributed by atoms with Crippen LogP contribution in [0, 0.1) is 0 Å². The minimum atomic E-state index is -2.90. The van der Waals surface area contributed by atoms with E-state index in [1.807, 2.05) is 0 Å². The average Bonchev–Trinajstić information content (AvgIpc) is 2.56. The van der Waals surface area contributed by atoms with Gasteiger partial charge in [0.1, 0.15) is 5.69 Å². The molecule has 1 heterocycles. The highest BCUT2D eigenvalue weighted by Gasteiger charge is 2.14. The fourth-order valence-electron chi connectivity index (χ4n) is 1.46. The minimum absolute atomic E-state index is 0.0334. The summed E-state index contributed by atoms with van der Waals surface area (Å²) in [5, 5.41) is -0.119. The quantitative estimate of drug-likeness (QED) is 0.641. The van der Waals surface area contributed by atoms with Crippen molar-refractivity contribution in [2.45, 2.75) is 0 Å². The first kappa shape index (κ1) is 10.2. The van der Waals surface area contributed by atoms with Crippen LogP contribution in [0.1, 0.15) is 10.5 Å². The Labute approximate surface area is 92.2 Å². The van der Waals surface area contributed by atoms with Crippen LogP contribution in [0.15, 0.2) is 30.3 Å². The van der Waals surface area contributed by atoms with Gasteiger partial charge in [0.05, 0.1) is 5.52 Å². The second-order valence-corrected chi connectivity index (χ2v) is 4.13. The number of fused-ring (bicyclic) bond motifs is 1. The molecule has 78 valence electrons. The van der Waals surface area contributed by atoms with Gasteiger partial charge in [-0.3, -0.25) is 4.79 Å². The van der Waals surface area contributed by atoms with Crippen LogP contribution in [0.5, 0.6) is 0 Å². The van der Waals surface area contributed by atoms with Crippen molar-refractivity contribution in [1.29, 1.82) is 0 Å². The Hall–Kier alpha value is -1.33. The Morgan fingerprint density at radius 1 is 1.27 bits per heavy atom. The van der Waals surface area contributed by atoms with E-state index in [2.05, 4.69) is 0 Å². The molecule has 6 heteroatoms. The van der Waals surface area contributed by atoms with Gasteiger partial charge in [0, 0.05) is 5.39 Å². The third kappa shape index (κ3) is 1.64. The first-order valence-corrected chi connectivity index (χ1v) is 5.57. The lowest BCUT2D eigenvalue weighted by molar-refractivity contribution is 0.107. The molecule has 0 bridgehead atoms. The van der Waals surface area contributed by atoms with Gasteiger partial charge in [-0.2, -0.15) is 0 Å². The summed E-state index contributed by atoms with van der Waals surface area (Å²) >= 11 is 5.30. The number of benzene rings is 1. The number of carbonyl (C=O) groups is 1. The van der Waals surface area contributed by atoms with Gasteiger partial charge in [-0.05, 0) is 23.7 Å². The van der Waals surface area contributed by atoms with Crippen molar-refractivity contribution >= 4 is 38.6 Å². The molecule has 0 unspecified atom stereocenters. The van der Waals surface area contributed by atoms with Crippen molar-refractivity contribution in [2.75, 3.05) is 0 Å². The monoisotopic (exact) mass is 243 g/mol. The summed E-state index contributed by atoms with van der Waals surface area (Å²) in [6, 6.07) is 8.24. The van der Waals surface area contributed by atoms with Crippen LogP contribution in [-0.2, 0) is 10.9 Å². The van der Waals surface area contributed by atoms with Gasteiger partial charge in [-0.25, -0.2) is 12.4 Å². The van der Waals surface area contributed by atoms with Crippen LogP contribution in [0.2, 0.25) is 0 Å². The van der Waals surface area contributed by atoms with Gasteiger partial charge in [-0.15, -0.1) is 0 Å². The van der Waals surface area contributed by atoms with E-state index in [0.717, 1.165) is 3.97 Å². The van der Waals surface area contributed by atoms with Gasteiger partial charge in [0.25, 0.3) is 5.24 Å². The summed E-state index contributed by atoms with van der Waals surface area (Å²) in [5.74, 6) is 0. The van der Waals surface area contributed by atoms with Crippen LogP contribution in [0.3, 0.4) is 0 Å². The maximum Gasteiger partial charge on any atom is 0.269 e. The standard InChI is InChI=1S/C9H6ClNO3S/c10-9(12)8-5-6-3-1-2-4-7(6)11(8)15(13)14/h1-5,15H. The molecule has 0 radical (unpaired) electrons. The minimum Gasteiger partial charge on any atom is -0.274 e. The van der Waals surface area contributed by atoms with Crippen LogP contribution in [0.4, 0.5) is 0 Å². The Morgan fingerprint density at radius 2 is 1.93 bits per heavy atom. The van der Waals surface area contributed by atoms with Crippen LogP contribution >= 0.6 is 11.6 Å². The number of nitrogens with zero attached hydrogens (tertiary/aromatic N) is 1. The zero-order chi connectivity index (χ0) is 11.0. The second-order valence-electron chi connectivity index (χ2n) is 2.91. The molecule has 0 atom stereocenters. The van der Waals surface area contributed by atoms with Crippen molar-refractivity contribution in [1.82, 2.24) is 3.97 Å². The molecular formula is C9H6ClNO3S. The lowest BCUT2D eigenvalue weighted by Crippen LogP contribution is -2.03. The number of thiol groups is 1. The summed E-state index contributed by atoms with van der Waals surface area (Å²) in [7, 11) is -2.90. The molecule has 15 heavy (non-hydrogen) atoms. The van der Waals surface area contributed by atoms with Crippen molar-refractivity contribution < 1.29 is 13.2 Å². The summed E-state index contributed by atoms with van der Waals surface area (Å²) in [5.41, 5.74) is 0.423. The third-order valence-corrected chi connectivity index (χ3v) is 3.00. The number of halogens is 1. The molecule has 0 saturated heterocycles. The number of rotatable bonds is 2. The summed E-state index contributed by atoms with van der Waals surface area (Å²) < 4.78 is 22.9. The first-order valence-electron chi connectivity index (χ1n) is 4.06. The molecule has 4 nitrogen and oxygen atoms in total. The van der Waals surface area contributed by atoms with Gasteiger partial charge < -0.3 is 0 Å². The zero-order valence-electron chi connectivity index (χ0n) is 7.38. The fraction of sp³-hybridized carbons (Fsp3) is 0. The highest BCUT2D eigenvalue weighted by Crippen LogP contribution is 2.20. The van der Waals surface area contributed by atoms with Crippen LogP contribution in [-0.4, -0.2) is 17.6 Å². The van der Waals surface area contributed by atoms with E-state index >= 15 is 0 Å². The van der Waals surface area contributed by atoms with Gasteiger partial charge in [0.2, 0.25) is 10.9 Å². The molecule has 2 rings (SSSR count). The summed E-state index contributed by atoms with van der Waals surface area (Å²) in [6.07, 6.45) is 0. The SMILES string of the molecule is O=C(Cl)c1cc2ccccc2n1[SH](=O)=O. The lowest BCUT2D eigenvalue weighted by Gasteiger charge is -1.97. The molecule has 1 aromatic carbocycles. The van der Waals surface area contributed by atoms with Crippen molar-refractivity contribution in [3.8, 4) is 0 Å². The molecule has 1 aromatic heterocycles. The highest BCUT2D eigenvalue weighted by molar-refractivity contribution is 7.71. The Kier molecular flexibility index (Phi) is 2.50. The number of aromatic nitrogens is 1. The van der Waals surface area contributed by atoms with Crippen LogP contribution in [0.25, 0.3) is 10.9 Å². The predicted octanol–water partition coefficient (Wildman–Crippen LogP) is 1.39. The Morgan fingerprint density at radius 3 is 2.53 bits per heavy atom. The lowest BCUT2D eigenvalue weighted by atomic mass is 10.2. The number of carbonyl (C=O) groups excluding carboxylic acids is 1. The van der Waals surface area contributed by atoms with Gasteiger partial charge in [0.15, 0.2) is 0 Å². The molecule has 0 fully saturated rings. The zero-order valence-corrected chi connectivity index (χ0v) is 9.03. The molecule has 0 saturated carbocycles. The normalized spacial score (nSPS) is 11.1. The molecule has 0 aliphatic carbocycles. The number of hydrogen-bond donors (Lipinski definition) is 1. The maximum atomic E-state index is 11.0. The van der Waals surface area contributed by atoms with Crippen molar-refractivity contribution in [3.63, 3.8) is 0 Å². The van der Waals surface area contributed by atoms with E-state index in [9.17, 15) is 13.2 Å². The molecule has 0 N–H and O–H groups in total. The van der Waals surface area contributed by atoms with E-state index < -0.39 is 16.1 Å². The molecule has 0 aliphatic rings. The van der Waals surface area contributed by atoms with E-state index in [-0.39, 0.29) is 5.69 Å². The second kappa shape index (κ2) is 3.67. The molecule has 2 aromatic rings. The molecular weight excluding hydrogens is 238 g/mol. The molecule has 0 spiro atoms. The summed E-state index contributed by atoms with van der Waals surface area (Å²) in [6.45, 7) is 0. The maximum absolute atomic E-state index is 11.0. The Balaban J connectivity index is 2.92.